The van der Waals surface area contributed by atoms with Crippen LogP contribution in [0.25, 0.3) is 0 Å². The molecule has 20 heavy (non-hydrogen) atoms. The molecule has 1 N–H and O–H groups in total. The van der Waals surface area contributed by atoms with Crippen LogP contribution in [0.15, 0.2) is 24.3 Å². The SMILES string of the molecule is CCN(CCO)C(=O)C1(c2ccc(Cl)cc2)CCCC1. The number of benzene rings is 1. The molecule has 1 aromatic carbocycles. The number of hydrogen-bond acceptors (Lipinski definition) is 2. The van der Waals surface area contributed by atoms with Gasteiger partial charge in [-0.3, -0.25) is 4.79 Å². The maximum atomic E-state index is 13.0. The van der Waals surface area contributed by atoms with Crippen molar-refractivity contribution < 1.29 is 9.90 Å². The molecule has 3 nitrogen and oxygen atoms in total. The molecule has 0 atom stereocenters. The molecule has 1 amide bonds. The van der Waals surface area contributed by atoms with Crippen LogP contribution in [0.1, 0.15) is 38.2 Å². The predicted octanol–water partition coefficient (Wildman–Crippen LogP) is 2.99. The normalized spacial score (nSPS) is 17.1. The Labute approximate surface area is 125 Å². The Morgan fingerprint density at radius 3 is 2.40 bits per heavy atom. The first kappa shape index (κ1) is 15.3. The number of likely N-dealkylation sites (N-methyl/N-ethyl adjacent to an activating group) is 1. The average molecular weight is 296 g/mol. The summed E-state index contributed by atoms with van der Waals surface area (Å²) in [5.74, 6) is 0.147. The third-order valence-corrected chi connectivity index (χ3v) is 4.55. The minimum Gasteiger partial charge on any atom is -0.395 e. The summed E-state index contributed by atoms with van der Waals surface area (Å²) in [4.78, 5) is 14.7. The van der Waals surface area contributed by atoms with Crippen molar-refractivity contribution in [3.05, 3.63) is 34.9 Å². The van der Waals surface area contributed by atoms with Crippen LogP contribution in [0.3, 0.4) is 0 Å². The molecule has 1 aliphatic carbocycles. The van der Waals surface area contributed by atoms with Crippen molar-refractivity contribution in [3.8, 4) is 0 Å². The molecule has 0 bridgehead atoms. The topological polar surface area (TPSA) is 40.5 Å². The lowest BCUT2D eigenvalue weighted by Crippen LogP contribution is -2.46. The van der Waals surface area contributed by atoms with E-state index < -0.39 is 5.41 Å². The zero-order valence-electron chi connectivity index (χ0n) is 11.9. The molecule has 0 unspecified atom stereocenters. The van der Waals surface area contributed by atoms with Gasteiger partial charge in [0.15, 0.2) is 0 Å². The van der Waals surface area contributed by atoms with Crippen molar-refractivity contribution >= 4 is 17.5 Å². The van der Waals surface area contributed by atoms with E-state index in [-0.39, 0.29) is 12.5 Å². The fourth-order valence-corrected chi connectivity index (χ4v) is 3.33. The molecule has 0 spiro atoms. The minimum atomic E-state index is -0.421. The van der Waals surface area contributed by atoms with E-state index in [2.05, 4.69) is 0 Å². The molecule has 0 radical (unpaired) electrons. The second-order valence-electron chi connectivity index (χ2n) is 5.40. The molecule has 4 heteroatoms. The molecule has 1 aromatic rings. The van der Waals surface area contributed by atoms with Gasteiger partial charge in [0.25, 0.3) is 0 Å². The van der Waals surface area contributed by atoms with E-state index in [9.17, 15) is 4.79 Å². The highest BCUT2D eigenvalue weighted by Gasteiger charge is 2.44. The highest BCUT2D eigenvalue weighted by atomic mass is 35.5. The first-order valence-electron chi connectivity index (χ1n) is 7.30. The quantitative estimate of drug-likeness (QED) is 0.907. The lowest BCUT2D eigenvalue weighted by molar-refractivity contribution is -0.137. The third kappa shape index (κ3) is 2.84. The van der Waals surface area contributed by atoms with E-state index >= 15 is 0 Å². The molecular weight excluding hydrogens is 274 g/mol. The summed E-state index contributed by atoms with van der Waals surface area (Å²) in [6.07, 6.45) is 3.92. The molecular formula is C16H22ClNO2. The van der Waals surface area contributed by atoms with Crippen LogP contribution in [-0.4, -0.2) is 35.6 Å². The summed E-state index contributed by atoms with van der Waals surface area (Å²) < 4.78 is 0. The zero-order valence-corrected chi connectivity index (χ0v) is 12.7. The monoisotopic (exact) mass is 295 g/mol. The summed E-state index contributed by atoms with van der Waals surface area (Å²) in [6, 6.07) is 7.65. The van der Waals surface area contributed by atoms with Gasteiger partial charge in [0, 0.05) is 18.1 Å². The van der Waals surface area contributed by atoms with Crippen molar-refractivity contribution in [3.63, 3.8) is 0 Å². The minimum absolute atomic E-state index is 0.0102. The summed E-state index contributed by atoms with van der Waals surface area (Å²) in [5.41, 5.74) is 0.635. The second-order valence-corrected chi connectivity index (χ2v) is 5.84. The van der Waals surface area contributed by atoms with Gasteiger partial charge in [-0.25, -0.2) is 0 Å². The van der Waals surface area contributed by atoms with Crippen molar-refractivity contribution in [1.29, 1.82) is 0 Å². The smallest absolute Gasteiger partial charge is 0.233 e. The van der Waals surface area contributed by atoms with E-state index in [4.69, 9.17) is 16.7 Å². The number of carbonyl (C=O) groups excluding carboxylic acids is 1. The molecule has 0 saturated heterocycles. The molecule has 0 aliphatic heterocycles. The first-order valence-corrected chi connectivity index (χ1v) is 7.68. The van der Waals surface area contributed by atoms with Crippen LogP contribution in [0.5, 0.6) is 0 Å². The van der Waals surface area contributed by atoms with Crippen LogP contribution in [0.4, 0.5) is 0 Å². The van der Waals surface area contributed by atoms with Gasteiger partial charge < -0.3 is 10.0 Å². The van der Waals surface area contributed by atoms with Crippen LogP contribution >= 0.6 is 11.6 Å². The van der Waals surface area contributed by atoms with Gasteiger partial charge in [0.2, 0.25) is 5.91 Å². The lowest BCUT2D eigenvalue weighted by atomic mass is 9.77. The maximum absolute atomic E-state index is 13.0. The molecule has 0 heterocycles. The van der Waals surface area contributed by atoms with Gasteiger partial charge in [-0.15, -0.1) is 0 Å². The fraction of sp³-hybridized carbons (Fsp3) is 0.562. The Morgan fingerprint density at radius 2 is 1.90 bits per heavy atom. The third-order valence-electron chi connectivity index (χ3n) is 4.30. The largest absolute Gasteiger partial charge is 0.395 e. The summed E-state index contributed by atoms with van der Waals surface area (Å²) >= 11 is 5.95. The van der Waals surface area contributed by atoms with E-state index in [1.54, 1.807) is 4.90 Å². The lowest BCUT2D eigenvalue weighted by Gasteiger charge is -2.34. The summed E-state index contributed by atoms with van der Waals surface area (Å²) in [5, 5.41) is 9.83. The Morgan fingerprint density at radius 1 is 1.30 bits per heavy atom. The molecule has 110 valence electrons. The van der Waals surface area contributed by atoms with Crippen LogP contribution < -0.4 is 0 Å². The number of rotatable bonds is 5. The molecule has 2 rings (SSSR count). The van der Waals surface area contributed by atoms with Gasteiger partial charge in [0.1, 0.15) is 0 Å². The number of aliphatic hydroxyl groups excluding tert-OH is 1. The van der Waals surface area contributed by atoms with Crippen LogP contribution in [0, 0.1) is 0 Å². The number of carbonyl (C=O) groups is 1. The molecule has 1 saturated carbocycles. The molecule has 1 aliphatic rings. The van der Waals surface area contributed by atoms with Crippen LogP contribution in [-0.2, 0) is 10.2 Å². The van der Waals surface area contributed by atoms with Gasteiger partial charge in [0.05, 0.1) is 12.0 Å². The molecule has 1 fully saturated rings. The van der Waals surface area contributed by atoms with Crippen molar-refractivity contribution in [2.45, 2.75) is 38.0 Å². The number of hydrogen-bond donors (Lipinski definition) is 1. The summed E-state index contributed by atoms with van der Waals surface area (Å²) in [6.45, 7) is 3.01. The highest BCUT2D eigenvalue weighted by Crippen LogP contribution is 2.42. The Hall–Kier alpha value is -1.06. The van der Waals surface area contributed by atoms with Gasteiger partial charge in [-0.05, 0) is 37.5 Å². The van der Waals surface area contributed by atoms with E-state index in [0.717, 1.165) is 31.2 Å². The Balaban J connectivity index is 2.34. The Kier molecular flexibility index (Phi) is 5.06. The average Bonchev–Trinajstić information content (AvgIpc) is 2.95. The predicted molar refractivity (Wildman–Crippen MR) is 80.9 cm³/mol. The number of nitrogens with zero attached hydrogens (tertiary/aromatic N) is 1. The Bertz CT molecular complexity index is 452. The number of halogens is 1. The first-order chi connectivity index (χ1) is 9.64. The highest BCUT2D eigenvalue weighted by molar-refractivity contribution is 6.30. The van der Waals surface area contributed by atoms with Gasteiger partial charge in [-0.1, -0.05) is 36.6 Å². The standard InChI is InChI=1S/C16H22ClNO2/c1-2-18(11-12-19)15(20)16(9-3-4-10-16)13-5-7-14(17)8-6-13/h5-8,19H,2-4,9-12H2,1H3. The van der Waals surface area contributed by atoms with E-state index in [1.165, 1.54) is 0 Å². The number of aliphatic hydroxyl groups is 1. The number of amides is 1. The van der Waals surface area contributed by atoms with E-state index in [0.29, 0.717) is 18.1 Å². The maximum Gasteiger partial charge on any atom is 0.233 e. The van der Waals surface area contributed by atoms with Crippen LogP contribution in [0.2, 0.25) is 5.02 Å². The fourth-order valence-electron chi connectivity index (χ4n) is 3.20. The van der Waals surface area contributed by atoms with Crippen molar-refractivity contribution in [1.82, 2.24) is 4.90 Å². The summed E-state index contributed by atoms with van der Waals surface area (Å²) in [7, 11) is 0. The zero-order chi connectivity index (χ0) is 14.6. The van der Waals surface area contributed by atoms with Gasteiger partial charge >= 0.3 is 0 Å². The van der Waals surface area contributed by atoms with Crippen molar-refractivity contribution in [2.24, 2.45) is 0 Å². The second kappa shape index (κ2) is 6.59. The van der Waals surface area contributed by atoms with E-state index in [1.807, 2.05) is 31.2 Å². The van der Waals surface area contributed by atoms with Gasteiger partial charge in [-0.2, -0.15) is 0 Å². The molecule has 0 aromatic heterocycles. The van der Waals surface area contributed by atoms with Crippen molar-refractivity contribution in [2.75, 3.05) is 19.7 Å².